The summed E-state index contributed by atoms with van der Waals surface area (Å²) in [5, 5.41) is 19.8. The summed E-state index contributed by atoms with van der Waals surface area (Å²) in [4.78, 5) is 11.4. The number of benzene rings is 1. The second-order valence-corrected chi connectivity index (χ2v) is 4.60. The summed E-state index contributed by atoms with van der Waals surface area (Å²) in [5.41, 5.74) is 0.958. The monoisotopic (exact) mass is 236 g/mol. The van der Waals surface area contributed by atoms with Crippen LogP contribution in [0.4, 0.5) is 0 Å². The summed E-state index contributed by atoms with van der Waals surface area (Å²) in [6.45, 7) is 1.91. The van der Waals surface area contributed by atoms with Gasteiger partial charge in [0.05, 0.1) is 7.11 Å². The topological polar surface area (TPSA) is 66.8 Å². The van der Waals surface area contributed by atoms with E-state index in [0.717, 1.165) is 5.56 Å². The molecule has 17 heavy (non-hydrogen) atoms. The Kier molecular flexibility index (Phi) is 2.83. The molecule has 4 nitrogen and oxygen atoms in total. The number of rotatable bonds is 3. The summed E-state index contributed by atoms with van der Waals surface area (Å²) in [5.74, 6) is -0.528. The van der Waals surface area contributed by atoms with E-state index in [-0.39, 0.29) is 5.75 Å². The maximum absolute atomic E-state index is 11.4. The number of methoxy groups -OCH3 is 1. The normalized spacial score (nSPS) is 18.5. The van der Waals surface area contributed by atoms with Crippen LogP contribution in [-0.4, -0.2) is 29.4 Å². The van der Waals surface area contributed by atoms with E-state index in [2.05, 4.69) is 4.74 Å². The minimum atomic E-state index is -1.21. The van der Waals surface area contributed by atoms with E-state index in [4.69, 9.17) is 0 Å². The van der Waals surface area contributed by atoms with Crippen LogP contribution in [0.1, 0.15) is 24.0 Å². The Balaban J connectivity index is 2.38. The van der Waals surface area contributed by atoms with Crippen LogP contribution in [0.2, 0.25) is 0 Å². The Hall–Kier alpha value is -1.55. The van der Waals surface area contributed by atoms with Crippen molar-refractivity contribution in [2.75, 3.05) is 7.11 Å². The fourth-order valence-corrected chi connectivity index (χ4v) is 2.21. The van der Waals surface area contributed by atoms with Crippen molar-refractivity contribution >= 4 is 5.97 Å². The number of hydrogen-bond acceptors (Lipinski definition) is 4. The van der Waals surface area contributed by atoms with Gasteiger partial charge in [-0.05, 0) is 25.8 Å². The second kappa shape index (κ2) is 4.04. The molecule has 1 aromatic carbocycles. The largest absolute Gasteiger partial charge is 0.508 e. The smallest absolute Gasteiger partial charge is 0.335 e. The first-order chi connectivity index (χ1) is 8.01. The first-order valence-electron chi connectivity index (χ1n) is 5.57. The molecule has 0 aromatic heterocycles. The fraction of sp³-hybridized carbons (Fsp3) is 0.462. The third-order valence-electron chi connectivity index (χ3n) is 3.42. The van der Waals surface area contributed by atoms with Gasteiger partial charge < -0.3 is 14.9 Å². The van der Waals surface area contributed by atoms with E-state index in [9.17, 15) is 15.0 Å². The molecule has 0 saturated heterocycles. The van der Waals surface area contributed by atoms with Crippen LogP contribution in [0.25, 0.3) is 0 Å². The van der Waals surface area contributed by atoms with Gasteiger partial charge >= 0.3 is 5.97 Å². The predicted octanol–water partition coefficient (Wildman–Crippen LogP) is 1.27. The van der Waals surface area contributed by atoms with Crippen LogP contribution in [0.5, 0.6) is 5.75 Å². The van der Waals surface area contributed by atoms with Gasteiger partial charge in [-0.15, -0.1) is 0 Å². The molecule has 0 amide bonds. The molecular formula is C13H16O4. The number of carbonyl (C=O) groups excluding carboxylic acids is 1. The van der Waals surface area contributed by atoms with Crippen molar-refractivity contribution in [2.45, 2.75) is 31.3 Å². The van der Waals surface area contributed by atoms with Crippen molar-refractivity contribution in [3.63, 3.8) is 0 Å². The molecule has 2 N–H and O–H groups in total. The minimum absolute atomic E-state index is 0.121. The van der Waals surface area contributed by atoms with E-state index >= 15 is 0 Å². The number of aromatic hydroxyl groups is 1. The molecule has 0 spiro atoms. The van der Waals surface area contributed by atoms with Crippen molar-refractivity contribution in [2.24, 2.45) is 0 Å². The van der Waals surface area contributed by atoms with Crippen LogP contribution >= 0.6 is 0 Å². The maximum atomic E-state index is 11.4. The highest BCUT2D eigenvalue weighted by molar-refractivity contribution is 5.78. The van der Waals surface area contributed by atoms with Gasteiger partial charge in [0.2, 0.25) is 0 Å². The Morgan fingerprint density at radius 3 is 2.65 bits per heavy atom. The van der Waals surface area contributed by atoms with Gasteiger partial charge in [0.15, 0.2) is 6.10 Å². The van der Waals surface area contributed by atoms with E-state index in [1.54, 1.807) is 12.1 Å². The third-order valence-corrected chi connectivity index (χ3v) is 3.42. The predicted molar refractivity (Wildman–Crippen MR) is 61.8 cm³/mol. The lowest BCUT2D eigenvalue weighted by Crippen LogP contribution is -2.35. The molecular weight excluding hydrogens is 220 g/mol. The number of carbonyl (C=O) groups is 1. The molecule has 1 atom stereocenters. The van der Waals surface area contributed by atoms with Crippen LogP contribution in [0.3, 0.4) is 0 Å². The number of aliphatic hydroxyl groups is 1. The van der Waals surface area contributed by atoms with E-state index in [1.165, 1.54) is 7.11 Å². The Labute approximate surface area is 99.8 Å². The van der Waals surface area contributed by atoms with Crippen LogP contribution in [-0.2, 0) is 14.9 Å². The Morgan fingerprint density at radius 1 is 1.47 bits per heavy atom. The van der Waals surface area contributed by atoms with Gasteiger partial charge in [-0.25, -0.2) is 4.79 Å². The number of phenols is 1. The summed E-state index contributed by atoms with van der Waals surface area (Å²) < 4.78 is 4.56. The molecule has 0 radical (unpaired) electrons. The molecule has 92 valence electrons. The van der Waals surface area contributed by atoms with E-state index < -0.39 is 17.5 Å². The lowest BCUT2D eigenvalue weighted by atomic mass is 9.88. The molecule has 1 aliphatic carbocycles. The average molecular weight is 236 g/mol. The number of aliphatic hydroxyl groups excluding tert-OH is 1. The zero-order valence-electron chi connectivity index (χ0n) is 9.93. The van der Waals surface area contributed by atoms with Gasteiger partial charge in [0, 0.05) is 11.0 Å². The Bertz CT molecular complexity index is 449. The van der Waals surface area contributed by atoms with Gasteiger partial charge in [-0.2, -0.15) is 0 Å². The van der Waals surface area contributed by atoms with Crippen molar-refractivity contribution in [3.05, 3.63) is 29.3 Å². The van der Waals surface area contributed by atoms with Crippen molar-refractivity contribution < 1.29 is 19.7 Å². The zero-order chi connectivity index (χ0) is 12.6. The van der Waals surface area contributed by atoms with Gasteiger partial charge in [0.25, 0.3) is 0 Å². The van der Waals surface area contributed by atoms with Crippen LogP contribution < -0.4 is 0 Å². The summed E-state index contributed by atoms with van der Waals surface area (Å²) in [7, 11) is 1.25. The lowest BCUT2D eigenvalue weighted by Gasteiger charge is -2.21. The molecule has 1 aromatic rings. The average Bonchev–Trinajstić information content (AvgIpc) is 3.11. The number of esters is 1. The van der Waals surface area contributed by atoms with Gasteiger partial charge in [0.1, 0.15) is 5.75 Å². The van der Waals surface area contributed by atoms with Crippen molar-refractivity contribution in [1.82, 2.24) is 0 Å². The van der Waals surface area contributed by atoms with Gasteiger partial charge in [-0.1, -0.05) is 17.7 Å². The molecule has 2 rings (SSSR count). The highest BCUT2D eigenvalue weighted by atomic mass is 16.5. The van der Waals surface area contributed by atoms with Crippen molar-refractivity contribution in [3.8, 4) is 5.75 Å². The summed E-state index contributed by atoms with van der Waals surface area (Å²) in [6.07, 6.45) is 0.154. The van der Waals surface area contributed by atoms with Crippen LogP contribution in [0.15, 0.2) is 18.2 Å². The standard InChI is InChI=1S/C13H16O4/c1-8-3-4-10(14)9(7-8)13(5-6-13)11(15)12(16)17-2/h3-4,7,11,14-15H,5-6H2,1-2H3. The van der Waals surface area contributed by atoms with Crippen molar-refractivity contribution in [1.29, 1.82) is 0 Å². The maximum Gasteiger partial charge on any atom is 0.335 e. The first kappa shape index (κ1) is 11.9. The number of hydrogen-bond donors (Lipinski definition) is 2. The lowest BCUT2D eigenvalue weighted by molar-refractivity contribution is -0.152. The molecule has 1 aliphatic rings. The third kappa shape index (κ3) is 1.89. The number of ether oxygens (including phenoxy) is 1. The highest BCUT2D eigenvalue weighted by Crippen LogP contribution is 2.54. The fourth-order valence-electron chi connectivity index (χ4n) is 2.21. The molecule has 1 fully saturated rings. The Morgan fingerprint density at radius 2 is 2.12 bits per heavy atom. The van der Waals surface area contributed by atoms with E-state index in [0.29, 0.717) is 18.4 Å². The number of phenolic OH excluding ortho intramolecular Hbond substituents is 1. The first-order valence-corrected chi connectivity index (χ1v) is 5.57. The number of aryl methyl sites for hydroxylation is 1. The molecule has 0 bridgehead atoms. The quantitative estimate of drug-likeness (QED) is 0.775. The van der Waals surface area contributed by atoms with E-state index in [1.807, 2.05) is 13.0 Å². The zero-order valence-corrected chi connectivity index (χ0v) is 9.93. The minimum Gasteiger partial charge on any atom is -0.508 e. The molecule has 1 unspecified atom stereocenters. The highest BCUT2D eigenvalue weighted by Gasteiger charge is 2.55. The molecule has 4 heteroatoms. The molecule has 0 aliphatic heterocycles. The van der Waals surface area contributed by atoms with Crippen LogP contribution in [0, 0.1) is 6.92 Å². The van der Waals surface area contributed by atoms with Gasteiger partial charge in [-0.3, -0.25) is 0 Å². The second-order valence-electron chi connectivity index (χ2n) is 4.60. The SMILES string of the molecule is COC(=O)C(O)C1(c2cc(C)ccc2O)CC1. The molecule has 0 heterocycles. The summed E-state index contributed by atoms with van der Waals surface area (Å²) in [6, 6.07) is 5.20. The summed E-state index contributed by atoms with van der Waals surface area (Å²) >= 11 is 0. The molecule has 1 saturated carbocycles.